The molecule has 1 saturated heterocycles. The van der Waals surface area contributed by atoms with E-state index in [0.29, 0.717) is 6.54 Å². The van der Waals surface area contributed by atoms with Crippen molar-refractivity contribution in [2.45, 2.75) is 51.9 Å². The SMILES string of the molecule is Cc1cc(C(C)NC(=O)C2CCC(CN)O2)c(C)o1. The summed E-state index contributed by atoms with van der Waals surface area (Å²) in [6.07, 6.45) is 1.24. The Morgan fingerprint density at radius 2 is 2.26 bits per heavy atom. The van der Waals surface area contributed by atoms with Crippen LogP contribution in [0.5, 0.6) is 0 Å². The van der Waals surface area contributed by atoms with Crippen molar-refractivity contribution in [2.75, 3.05) is 6.54 Å². The predicted molar refractivity (Wildman–Crippen MR) is 71.7 cm³/mol. The van der Waals surface area contributed by atoms with Gasteiger partial charge < -0.3 is 20.2 Å². The van der Waals surface area contributed by atoms with E-state index >= 15 is 0 Å². The lowest BCUT2D eigenvalue weighted by Crippen LogP contribution is -2.37. The van der Waals surface area contributed by atoms with Gasteiger partial charge in [0.2, 0.25) is 5.91 Å². The fraction of sp³-hybridized carbons (Fsp3) is 0.643. The number of nitrogens with one attached hydrogen (secondary N) is 1. The molecule has 0 aliphatic carbocycles. The average Bonchev–Trinajstić information content (AvgIpc) is 2.95. The van der Waals surface area contributed by atoms with Gasteiger partial charge in [0.25, 0.3) is 0 Å². The monoisotopic (exact) mass is 266 g/mol. The molecule has 2 rings (SSSR count). The second-order valence-electron chi connectivity index (χ2n) is 5.16. The van der Waals surface area contributed by atoms with Crippen molar-refractivity contribution < 1.29 is 13.9 Å². The zero-order valence-corrected chi connectivity index (χ0v) is 11.7. The first kappa shape index (κ1) is 14.1. The van der Waals surface area contributed by atoms with E-state index in [-0.39, 0.29) is 24.2 Å². The quantitative estimate of drug-likeness (QED) is 0.867. The lowest BCUT2D eigenvalue weighted by molar-refractivity contribution is -0.132. The van der Waals surface area contributed by atoms with Gasteiger partial charge in [-0.15, -0.1) is 0 Å². The minimum Gasteiger partial charge on any atom is -0.466 e. The van der Waals surface area contributed by atoms with E-state index in [2.05, 4.69) is 5.32 Å². The van der Waals surface area contributed by atoms with Gasteiger partial charge in [-0.3, -0.25) is 4.79 Å². The highest BCUT2D eigenvalue weighted by Gasteiger charge is 2.30. The molecule has 19 heavy (non-hydrogen) atoms. The fourth-order valence-corrected chi connectivity index (χ4v) is 2.54. The van der Waals surface area contributed by atoms with Gasteiger partial charge in [0.1, 0.15) is 17.6 Å². The van der Waals surface area contributed by atoms with E-state index in [4.69, 9.17) is 14.9 Å². The van der Waals surface area contributed by atoms with Crippen LogP contribution in [0.25, 0.3) is 0 Å². The molecule has 0 bridgehead atoms. The summed E-state index contributed by atoms with van der Waals surface area (Å²) >= 11 is 0. The molecule has 1 amide bonds. The first-order chi connectivity index (χ1) is 9.01. The van der Waals surface area contributed by atoms with Crippen LogP contribution in [0.2, 0.25) is 0 Å². The third kappa shape index (κ3) is 3.16. The zero-order valence-electron chi connectivity index (χ0n) is 11.7. The van der Waals surface area contributed by atoms with E-state index in [1.807, 2.05) is 26.8 Å². The van der Waals surface area contributed by atoms with Crippen LogP contribution >= 0.6 is 0 Å². The molecule has 0 saturated carbocycles. The number of amides is 1. The molecule has 0 aromatic carbocycles. The van der Waals surface area contributed by atoms with Gasteiger partial charge in [-0.25, -0.2) is 0 Å². The molecule has 5 nitrogen and oxygen atoms in total. The Kier molecular flexibility index (Phi) is 4.27. The lowest BCUT2D eigenvalue weighted by Gasteiger charge is -2.17. The lowest BCUT2D eigenvalue weighted by atomic mass is 10.1. The number of hydrogen-bond donors (Lipinski definition) is 2. The standard InChI is InChI=1S/C14H22N2O3/c1-8-6-12(10(3)18-8)9(2)16-14(17)13-5-4-11(7-15)19-13/h6,9,11,13H,4-5,7,15H2,1-3H3,(H,16,17). The van der Waals surface area contributed by atoms with Crippen molar-refractivity contribution >= 4 is 5.91 Å². The Bertz CT molecular complexity index is 456. The van der Waals surface area contributed by atoms with Gasteiger partial charge in [-0.2, -0.15) is 0 Å². The maximum Gasteiger partial charge on any atom is 0.249 e. The number of hydrogen-bond acceptors (Lipinski definition) is 4. The molecule has 1 aliphatic rings. The van der Waals surface area contributed by atoms with Crippen LogP contribution in [-0.4, -0.2) is 24.7 Å². The van der Waals surface area contributed by atoms with Crippen LogP contribution in [0, 0.1) is 13.8 Å². The summed E-state index contributed by atoms with van der Waals surface area (Å²) in [5, 5.41) is 2.97. The maximum atomic E-state index is 12.1. The Balaban J connectivity index is 1.94. The van der Waals surface area contributed by atoms with Crippen molar-refractivity contribution in [3.63, 3.8) is 0 Å². The normalized spacial score (nSPS) is 24.4. The van der Waals surface area contributed by atoms with Crippen molar-refractivity contribution in [1.82, 2.24) is 5.32 Å². The zero-order chi connectivity index (χ0) is 14.0. The van der Waals surface area contributed by atoms with Gasteiger partial charge in [0, 0.05) is 12.1 Å². The molecule has 1 fully saturated rings. The maximum absolute atomic E-state index is 12.1. The summed E-state index contributed by atoms with van der Waals surface area (Å²) in [6, 6.07) is 1.88. The number of carbonyl (C=O) groups is 1. The van der Waals surface area contributed by atoms with Gasteiger partial charge in [-0.1, -0.05) is 0 Å². The third-order valence-corrected chi connectivity index (χ3v) is 3.57. The summed E-state index contributed by atoms with van der Waals surface area (Å²) < 4.78 is 11.1. The van der Waals surface area contributed by atoms with Crippen molar-refractivity contribution in [2.24, 2.45) is 5.73 Å². The summed E-state index contributed by atoms with van der Waals surface area (Å²) in [6.45, 7) is 6.22. The number of nitrogens with two attached hydrogens (primary N) is 1. The number of carbonyl (C=O) groups excluding carboxylic acids is 1. The van der Waals surface area contributed by atoms with E-state index in [0.717, 1.165) is 29.9 Å². The first-order valence-corrected chi connectivity index (χ1v) is 6.74. The molecular formula is C14H22N2O3. The van der Waals surface area contributed by atoms with Crippen LogP contribution in [0.3, 0.4) is 0 Å². The molecular weight excluding hydrogens is 244 g/mol. The predicted octanol–water partition coefficient (Wildman–Crippen LogP) is 1.58. The van der Waals surface area contributed by atoms with E-state index in [1.165, 1.54) is 0 Å². The topological polar surface area (TPSA) is 77.5 Å². The van der Waals surface area contributed by atoms with Crippen molar-refractivity contribution in [3.05, 3.63) is 23.2 Å². The number of furan rings is 1. The molecule has 2 heterocycles. The van der Waals surface area contributed by atoms with E-state index < -0.39 is 0 Å². The molecule has 106 valence electrons. The highest BCUT2D eigenvalue weighted by atomic mass is 16.5. The average molecular weight is 266 g/mol. The largest absolute Gasteiger partial charge is 0.466 e. The number of rotatable bonds is 4. The van der Waals surface area contributed by atoms with E-state index in [1.54, 1.807) is 0 Å². The third-order valence-electron chi connectivity index (χ3n) is 3.57. The Morgan fingerprint density at radius 1 is 1.53 bits per heavy atom. The molecule has 0 spiro atoms. The van der Waals surface area contributed by atoms with Gasteiger partial charge in [0.15, 0.2) is 0 Å². The molecule has 0 radical (unpaired) electrons. The van der Waals surface area contributed by atoms with Gasteiger partial charge in [-0.05, 0) is 39.7 Å². The highest BCUT2D eigenvalue weighted by Crippen LogP contribution is 2.23. The summed E-state index contributed by atoms with van der Waals surface area (Å²) in [5.41, 5.74) is 6.56. The molecule has 1 aromatic heterocycles. The van der Waals surface area contributed by atoms with E-state index in [9.17, 15) is 4.79 Å². The highest BCUT2D eigenvalue weighted by molar-refractivity contribution is 5.81. The Labute approximate surface area is 113 Å². The molecule has 1 aliphatic heterocycles. The summed E-state index contributed by atoms with van der Waals surface area (Å²) in [7, 11) is 0. The minimum absolute atomic E-state index is 0.0176. The van der Waals surface area contributed by atoms with Gasteiger partial charge >= 0.3 is 0 Å². The number of ether oxygens (including phenoxy) is 1. The fourth-order valence-electron chi connectivity index (χ4n) is 2.54. The molecule has 5 heteroatoms. The van der Waals surface area contributed by atoms with Crippen molar-refractivity contribution in [1.29, 1.82) is 0 Å². The van der Waals surface area contributed by atoms with Crippen molar-refractivity contribution in [3.8, 4) is 0 Å². The van der Waals surface area contributed by atoms with Crippen LogP contribution < -0.4 is 11.1 Å². The molecule has 3 atom stereocenters. The minimum atomic E-state index is -0.371. The Morgan fingerprint density at radius 3 is 2.79 bits per heavy atom. The van der Waals surface area contributed by atoms with Crippen LogP contribution in [-0.2, 0) is 9.53 Å². The second-order valence-corrected chi connectivity index (χ2v) is 5.16. The smallest absolute Gasteiger partial charge is 0.249 e. The van der Waals surface area contributed by atoms with Crippen LogP contribution in [0.1, 0.15) is 42.9 Å². The number of aryl methyl sites for hydroxylation is 2. The summed E-state index contributed by atoms with van der Waals surface area (Å²) in [5.74, 6) is 1.63. The molecule has 3 unspecified atom stereocenters. The first-order valence-electron chi connectivity index (χ1n) is 6.74. The molecule has 1 aromatic rings. The second kappa shape index (κ2) is 5.75. The van der Waals surface area contributed by atoms with Crippen LogP contribution in [0.15, 0.2) is 10.5 Å². The van der Waals surface area contributed by atoms with Gasteiger partial charge in [0.05, 0.1) is 12.1 Å². The van der Waals surface area contributed by atoms with Crippen LogP contribution in [0.4, 0.5) is 0 Å². The summed E-state index contributed by atoms with van der Waals surface area (Å²) in [4.78, 5) is 12.1. The molecule has 3 N–H and O–H groups in total. The Hall–Kier alpha value is -1.33.